The Morgan fingerprint density at radius 3 is 2.56 bits per heavy atom. The summed E-state index contributed by atoms with van der Waals surface area (Å²) in [5, 5.41) is 0.701. The van der Waals surface area contributed by atoms with Gasteiger partial charge in [0.2, 0.25) is 0 Å². The summed E-state index contributed by atoms with van der Waals surface area (Å²) in [6.07, 6.45) is 0. The Labute approximate surface area is 109 Å². The maximum absolute atomic E-state index is 6.16. The molecule has 4 heteroatoms. The largest absolute Gasteiger partial charge is 0.320 e. The minimum atomic E-state index is -0.158. The maximum Gasteiger partial charge on any atom is 0.0961 e. The Kier molecular flexibility index (Phi) is 3.55. The quantitative estimate of drug-likeness (QED) is 0.860. The van der Waals surface area contributed by atoms with Gasteiger partial charge in [-0.2, -0.15) is 0 Å². The molecule has 1 unspecified atom stereocenters. The summed E-state index contributed by atoms with van der Waals surface area (Å²) in [5.74, 6) is 0. The average molecular weight is 272 g/mol. The fourth-order valence-electron chi connectivity index (χ4n) is 1.50. The standard InChI is InChI=1S/C12H11Cl2NS/c1-7-5-10(16-12(7)14)11(15)8-3-2-4-9(13)6-8/h2-6,11H,15H2,1H3. The van der Waals surface area contributed by atoms with Gasteiger partial charge >= 0.3 is 0 Å². The second-order valence-electron chi connectivity index (χ2n) is 3.64. The van der Waals surface area contributed by atoms with Gasteiger partial charge in [-0.05, 0) is 36.2 Å². The van der Waals surface area contributed by atoms with E-state index < -0.39 is 0 Å². The molecule has 1 nitrogen and oxygen atoms in total. The number of benzene rings is 1. The van der Waals surface area contributed by atoms with Crippen LogP contribution in [0.4, 0.5) is 0 Å². The monoisotopic (exact) mass is 271 g/mol. The van der Waals surface area contributed by atoms with Gasteiger partial charge in [0.1, 0.15) is 0 Å². The molecule has 0 radical (unpaired) electrons. The molecule has 0 aliphatic heterocycles. The third kappa shape index (κ3) is 2.41. The molecule has 1 atom stereocenters. The molecule has 0 aliphatic carbocycles. The number of aryl methyl sites for hydroxylation is 1. The van der Waals surface area contributed by atoms with Crippen molar-refractivity contribution in [3.8, 4) is 0 Å². The third-order valence-corrected chi connectivity index (χ3v) is 4.26. The Morgan fingerprint density at radius 2 is 2.00 bits per heavy atom. The van der Waals surface area contributed by atoms with Gasteiger partial charge in [-0.25, -0.2) is 0 Å². The van der Waals surface area contributed by atoms with Crippen molar-refractivity contribution in [3.05, 3.63) is 55.7 Å². The van der Waals surface area contributed by atoms with Crippen LogP contribution >= 0.6 is 34.5 Å². The minimum absolute atomic E-state index is 0.158. The summed E-state index contributed by atoms with van der Waals surface area (Å²) >= 11 is 13.5. The van der Waals surface area contributed by atoms with E-state index in [1.165, 1.54) is 11.3 Å². The first-order valence-corrected chi connectivity index (χ1v) is 6.42. The lowest BCUT2D eigenvalue weighted by Gasteiger charge is -2.09. The summed E-state index contributed by atoms with van der Waals surface area (Å²) in [7, 11) is 0. The van der Waals surface area contributed by atoms with Gasteiger partial charge in [0.25, 0.3) is 0 Å². The van der Waals surface area contributed by atoms with Crippen molar-refractivity contribution < 1.29 is 0 Å². The molecule has 1 aromatic heterocycles. The summed E-state index contributed by atoms with van der Waals surface area (Å²) < 4.78 is 0.799. The highest BCUT2D eigenvalue weighted by Crippen LogP contribution is 2.33. The first-order chi connectivity index (χ1) is 7.58. The fourth-order valence-corrected chi connectivity index (χ4v) is 2.95. The van der Waals surface area contributed by atoms with Crippen molar-refractivity contribution in [1.82, 2.24) is 0 Å². The molecule has 0 spiro atoms. The van der Waals surface area contributed by atoms with Crippen molar-refractivity contribution in [2.45, 2.75) is 13.0 Å². The number of rotatable bonds is 2. The molecule has 0 amide bonds. The van der Waals surface area contributed by atoms with E-state index in [1.54, 1.807) is 0 Å². The lowest BCUT2D eigenvalue weighted by atomic mass is 10.1. The lowest BCUT2D eigenvalue weighted by Crippen LogP contribution is -2.09. The van der Waals surface area contributed by atoms with Gasteiger partial charge in [0.15, 0.2) is 0 Å². The zero-order chi connectivity index (χ0) is 11.7. The van der Waals surface area contributed by atoms with E-state index >= 15 is 0 Å². The van der Waals surface area contributed by atoms with Crippen LogP contribution in [-0.2, 0) is 0 Å². The van der Waals surface area contributed by atoms with Crippen molar-refractivity contribution in [3.63, 3.8) is 0 Å². The fraction of sp³-hybridized carbons (Fsp3) is 0.167. The second kappa shape index (κ2) is 4.76. The molecule has 2 aromatic rings. The lowest BCUT2D eigenvalue weighted by molar-refractivity contribution is 0.893. The smallest absolute Gasteiger partial charge is 0.0961 e. The Morgan fingerprint density at radius 1 is 1.25 bits per heavy atom. The van der Waals surface area contributed by atoms with Crippen LogP contribution in [0.3, 0.4) is 0 Å². The van der Waals surface area contributed by atoms with Crippen LogP contribution in [0.2, 0.25) is 9.36 Å². The molecule has 16 heavy (non-hydrogen) atoms. The number of halogens is 2. The van der Waals surface area contributed by atoms with Crippen LogP contribution in [0.5, 0.6) is 0 Å². The highest BCUT2D eigenvalue weighted by Gasteiger charge is 2.13. The topological polar surface area (TPSA) is 26.0 Å². The van der Waals surface area contributed by atoms with Gasteiger partial charge in [-0.3, -0.25) is 0 Å². The Hall–Kier alpha value is -0.540. The van der Waals surface area contributed by atoms with E-state index in [4.69, 9.17) is 28.9 Å². The zero-order valence-electron chi connectivity index (χ0n) is 8.71. The summed E-state index contributed by atoms with van der Waals surface area (Å²) in [6.45, 7) is 1.98. The number of hydrogen-bond donors (Lipinski definition) is 1. The van der Waals surface area contributed by atoms with Gasteiger partial charge in [-0.1, -0.05) is 35.3 Å². The van der Waals surface area contributed by atoms with Crippen LogP contribution in [0.15, 0.2) is 30.3 Å². The normalized spacial score (nSPS) is 12.8. The van der Waals surface area contributed by atoms with Crippen LogP contribution in [0.1, 0.15) is 22.0 Å². The molecule has 2 rings (SSSR count). The SMILES string of the molecule is Cc1cc(C(N)c2cccc(Cl)c2)sc1Cl. The molecule has 1 aromatic carbocycles. The first kappa shape index (κ1) is 11.9. The first-order valence-electron chi connectivity index (χ1n) is 4.85. The van der Waals surface area contributed by atoms with Gasteiger partial charge in [0, 0.05) is 9.90 Å². The number of thiophene rings is 1. The molecule has 0 fully saturated rings. The number of hydrogen-bond acceptors (Lipinski definition) is 2. The third-order valence-electron chi connectivity index (χ3n) is 2.39. The summed E-state index contributed by atoms with van der Waals surface area (Å²) in [6, 6.07) is 9.46. The predicted molar refractivity (Wildman–Crippen MR) is 71.5 cm³/mol. The molecular weight excluding hydrogens is 261 g/mol. The van der Waals surface area contributed by atoms with E-state index in [1.807, 2.05) is 37.3 Å². The van der Waals surface area contributed by atoms with E-state index in [9.17, 15) is 0 Å². The van der Waals surface area contributed by atoms with E-state index in [0.717, 1.165) is 20.3 Å². The molecule has 84 valence electrons. The van der Waals surface area contributed by atoms with Crippen molar-refractivity contribution >= 4 is 34.5 Å². The summed E-state index contributed by atoms with van der Waals surface area (Å²) in [5.41, 5.74) is 8.23. The van der Waals surface area contributed by atoms with E-state index in [0.29, 0.717) is 5.02 Å². The van der Waals surface area contributed by atoms with Crippen LogP contribution in [-0.4, -0.2) is 0 Å². The molecule has 2 N–H and O–H groups in total. The molecule has 0 saturated heterocycles. The van der Waals surface area contributed by atoms with Crippen LogP contribution in [0, 0.1) is 6.92 Å². The summed E-state index contributed by atoms with van der Waals surface area (Å²) in [4.78, 5) is 1.06. The van der Waals surface area contributed by atoms with E-state index in [2.05, 4.69) is 0 Å². The molecule has 0 saturated carbocycles. The molecule has 0 bridgehead atoms. The minimum Gasteiger partial charge on any atom is -0.320 e. The van der Waals surface area contributed by atoms with Gasteiger partial charge in [-0.15, -0.1) is 11.3 Å². The Bertz CT molecular complexity index is 488. The highest BCUT2D eigenvalue weighted by atomic mass is 35.5. The molecule has 1 heterocycles. The van der Waals surface area contributed by atoms with E-state index in [-0.39, 0.29) is 6.04 Å². The Balaban J connectivity index is 2.35. The van der Waals surface area contributed by atoms with Crippen molar-refractivity contribution in [1.29, 1.82) is 0 Å². The van der Waals surface area contributed by atoms with Crippen LogP contribution in [0.25, 0.3) is 0 Å². The average Bonchev–Trinajstić information content (AvgIpc) is 2.58. The van der Waals surface area contributed by atoms with Gasteiger partial charge in [0.05, 0.1) is 10.4 Å². The molecular formula is C12H11Cl2NS. The maximum atomic E-state index is 6.16. The predicted octanol–water partition coefficient (Wildman–Crippen LogP) is 4.41. The highest BCUT2D eigenvalue weighted by molar-refractivity contribution is 7.16. The zero-order valence-corrected chi connectivity index (χ0v) is 11.0. The van der Waals surface area contributed by atoms with Crippen molar-refractivity contribution in [2.24, 2.45) is 5.73 Å². The number of nitrogens with two attached hydrogens (primary N) is 1. The van der Waals surface area contributed by atoms with Gasteiger partial charge < -0.3 is 5.73 Å². The van der Waals surface area contributed by atoms with Crippen LogP contribution < -0.4 is 5.73 Å². The molecule has 0 aliphatic rings. The second-order valence-corrected chi connectivity index (χ2v) is 5.76. The van der Waals surface area contributed by atoms with Crippen molar-refractivity contribution in [2.75, 3.05) is 0 Å².